The molecule has 3 rings (SSSR count). The molecule has 1 aliphatic rings. The van der Waals surface area contributed by atoms with Gasteiger partial charge in [-0.3, -0.25) is 4.98 Å². The summed E-state index contributed by atoms with van der Waals surface area (Å²) in [4.78, 5) is 24.4. The monoisotopic (exact) mass is 270 g/mol. The van der Waals surface area contributed by atoms with Gasteiger partial charge >= 0.3 is 5.97 Å². The number of fused-ring (bicyclic) bond motifs is 1. The number of aryl methyl sites for hydroxylation is 1. The Balaban J connectivity index is 2.20. The molecule has 0 aliphatic carbocycles. The molecule has 2 aromatic heterocycles. The number of aromatic carboxylic acids is 1. The molecule has 0 bridgehead atoms. The second-order valence-corrected chi connectivity index (χ2v) is 4.72. The minimum absolute atomic E-state index is 0.0715. The zero-order chi connectivity index (χ0) is 14.1. The van der Waals surface area contributed by atoms with E-state index in [-0.39, 0.29) is 5.69 Å². The number of rotatable bonds is 2. The van der Waals surface area contributed by atoms with Gasteiger partial charge in [0.2, 0.25) is 0 Å². The van der Waals surface area contributed by atoms with E-state index in [0.717, 1.165) is 17.8 Å². The van der Waals surface area contributed by atoms with E-state index < -0.39 is 5.97 Å². The number of nitrogens with one attached hydrogen (secondary N) is 1. The van der Waals surface area contributed by atoms with E-state index in [1.807, 2.05) is 19.1 Å². The normalized spacial score (nSPS) is 13.8. The smallest absolute Gasteiger partial charge is 0.354 e. The van der Waals surface area contributed by atoms with Crippen molar-refractivity contribution in [3.63, 3.8) is 0 Å². The van der Waals surface area contributed by atoms with Crippen molar-refractivity contribution in [1.82, 2.24) is 20.3 Å². The van der Waals surface area contributed by atoms with Crippen LogP contribution in [0.15, 0.2) is 18.3 Å². The molecule has 20 heavy (non-hydrogen) atoms. The van der Waals surface area contributed by atoms with Gasteiger partial charge in [-0.1, -0.05) is 6.07 Å². The fourth-order valence-electron chi connectivity index (χ4n) is 2.35. The number of carbonyl (C=O) groups is 1. The number of hydrogen-bond donors (Lipinski definition) is 2. The van der Waals surface area contributed by atoms with E-state index in [9.17, 15) is 9.90 Å². The highest BCUT2D eigenvalue weighted by atomic mass is 16.4. The summed E-state index contributed by atoms with van der Waals surface area (Å²) in [7, 11) is 0. The number of hydrogen-bond acceptors (Lipinski definition) is 5. The van der Waals surface area contributed by atoms with E-state index in [1.54, 1.807) is 6.20 Å². The highest BCUT2D eigenvalue weighted by Crippen LogP contribution is 2.22. The fourth-order valence-corrected chi connectivity index (χ4v) is 2.35. The summed E-state index contributed by atoms with van der Waals surface area (Å²) in [6.45, 7) is 3.20. The van der Waals surface area contributed by atoms with Crippen LogP contribution in [-0.4, -0.2) is 32.6 Å². The maximum atomic E-state index is 11.4. The summed E-state index contributed by atoms with van der Waals surface area (Å²) in [6.07, 6.45) is 2.37. The fraction of sp³-hybridized carbons (Fsp3) is 0.286. The van der Waals surface area contributed by atoms with Crippen molar-refractivity contribution < 1.29 is 9.90 Å². The first-order chi connectivity index (χ1) is 9.66. The quantitative estimate of drug-likeness (QED) is 0.852. The van der Waals surface area contributed by atoms with Gasteiger partial charge in [0.25, 0.3) is 0 Å². The third-order valence-electron chi connectivity index (χ3n) is 3.36. The second-order valence-electron chi connectivity index (χ2n) is 4.72. The maximum absolute atomic E-state index is 11.4. The van der Waals surface area contributed by atoms with Gasteiger partial charge in [0.15, 0.2) is 11.5 Å². The zero-order valence-corrected chi connectivity index (χ0v) is 11.1. The number of nitrogens with zero attached hydrogens (tertiary/aromatic N) is 3. The highest BCUT2D eigenvalue weighted by Gasteiger charge is 2.22. The summed E-state index contributed by atoms with van der Waals surface area (Å²) >= 11 is 0. The molecular weight excluding hydrogens is 256 g/mol. The number of pyridine rings is 1. The average Bonchev–Trinajstić information content (AvgIpc) is 2.46. The van der Waals surface area contributed by atoms with Crippen LogP contribution in [0.1, 0.15) is 27.3 Å². The predicted molar refractivity (Wildman–Crippen MR) is 72.4 cm³/mol. The van der Waals surface area contributed by atoms with Crippen LogP contribution in [0.25, 0.3) is 11.5 Å². The van der Waals surface area contributed by atoms with Crippen LogP contribution >= 0.6 is 0 Å². The molecule has 6 heteroatoms. The molecule has 0 amide bonds. The molecule has 0 fully saturated rings. The Kier molecular flexibility index (Phi) is 3.15. The van der Waals surface area contributed by atoms with Crippen molar-refractivity contribution in [3.8, 4) is 11.5 Å². The molecule has 6 nitrogen and oxygen atoms in total. The molecule has 0 atom stereocenters. The van der Waals surface area contributed by atoms with Crippen molar-refractivity contribution in [1.29, 1.82) is 0 Å². The minimum atomic E-state index is -1.03. The minimum Gasteiger partial charge on any atom is -0.476 e. The van der Waals surface area contributed by atoms with Crippen molar-refractivity contribution in [2.24, 2.45) is 0 Å². The second kappa shape index (κ2) is 4.97. The van der Waals surface area contributed by atoms with E-state index in [4.69, 9.17) is 0 Å². The summed E-state index contributed by atoms with van der Waals surface area (Å²) < 4.78 is 0. The van der Waals surface area contributed by atoms with Crippen molar-refractivity contribution in [3.05, 3.63) is 40.8 Å². The molecule has 0 aromatic carbocycles. The Hall–Kier alpha value is -2.34. The largest absolute Gasteiger partial charge is 0.476 e. The first kappa shape index (κ1) is 12.7. The van der Waals surface area contributed by atoms with Crippen LogP contribution in [0.3, 0.4) is 0 Å². The molecule has 0 spiro atoms. The summed E-state index contributed by atoms with van der Waals surface area (Å²) in [5.74, 6) is -0.636. The van der Waals surface area contributed by atoms with Crippen LogP contribution in [0, 0.1) is 6.92 Å². The van der Waals surface area contributed by atoms with Gasteiger partial charge in [-0.15, -0.1) is 0 Å². The van der Waals surface area contributed by atoms with E-state index >= 15 is 0 Å². The molecule has 0 radical (unpaired) electrons. The van der Waals surface area contributed by atoms with Gasteiger partial charge in [-0.2, -0.15) is 0 Å². The first-order valence-electron chi connectivity index (χ1n) is 6.42. The Labute approximate surface area is 115 Å². The Morgan fingerprint density at radius 1 is 1.40 bits per heavy atom. The zero-order valence-electron chi connectivity index (χ0n) is 11.1. The van der Waals surface area contributed by atoms with Crippen LogP contribution in [0.5, 0.6) is 0 Å². The number of carboxylic acid groups (broad SMARTS) is 1. The summed E-state index contributed by atoms with van der Waals surface area (Å²) in [6, 6.07) is 3.74. The number of aromatic nitrogens is 3. The lowest BCUT2D eigenvalue weighted by atomic mass is 10.0. The van der Waals surface area contributed by atoms with Crippen molar-refractivity contribution in [2.75, 3.05) is 6.54 Å². The third kappa shape index (κ3) is 2.14. The molecule has 102 valence electrons. The van der Waals surface area contributed by atoms with Gasteiger partial charge in [0.05, 0.1) is 5.69 Å². The van der Waals surface area contributed by atoms with Crippen LogP contribution in [0.4, 0.5) is 0 Å². The topological polar surface area (TPSA) is 88.0 Å². The van der Waals surface area contributed by atoms with Crippen LogP contribution in [0.2, 0.25) is 0 Å². The van der Waals surface area contributed by atoms with Gasteiger partial charge in [-0.25, -0.2) is 14.8 Å². The van der Waals surface area contributed by atoms with E-state index in [2.05, 4.69) is 20.3 Å². The van der Waals surface area contributed by atoms with E-state index in [0.29, 0.717) is 30.0 Å². The van der Waals surface area contributed by atoms with Crippen molar-refractivity contribution in [2.45, 2.75) is 19.9 Å². The molecule has 2 aromatic rings. The Morgan fingerprint density at radius 3 is 3.00 bits per heavy atom. The summed E-state index contributed by atoms with van der Waals surface area (Å²) in [5.41, 5.74) is 3.12. The molecule has 1 aliphatic heterocycles. The standard InChI is InChI=1S/C14H14N4O2/c1-8-3-2-5-16-11(8)13-17-10-4-6-15-7-9(10)12(18-13)14(19)20/h2-3,5,15H,4,6-7H2,1H3,(H,19,20). The maximum Gasteiger partial charge on any atom is 0.354 e. The van der Waals surface area contributed by atoms with E-state index in [1.165, 1.54) is 0 Å². The van der Waals surface area contributed by atoms with Crippen molar-refractivity contribution >= 4 is 5.97 Å². The molecule has 0 unspecified atom stereocenters. The first-order valence-corrected chi connectivity index (χ1v) is 6.42. The molecular formula is C14H14N4O2. The molecule has 2 N–H and O–H groups in total. The van der Waals surface area contributed by atoms with Gasteiger partial charge in [-0.05, 0) is 18.6 Å². The number of carboxylic acids is 1. The molecule has 0 saturated carbocycles. The predicted octanol–water partition coefficient (Wildman–Crippen LogP) is 1.19. The highest BCUT2D eigenvalue weighted by molar-refractivity contribution is 5.88. The van der Waals surface area contributed by atoms with Gasteiger partial charge in [0.1, 0.15) is 5.69 Å². The average molecular weight is 270 g/mol. The SMILES string of the molecule is Cc1cccnc1-c1nc2c(c(C(=O)O)n1)CNCC2. The lowest BCUT2D eigenvalue weighted by molar-refractivity contribution is 0.0688. The van der Waals surface area contributed by atoms with Crippen LogP contribution in [-0.2, 0) is 13.0 Å². The van der Waals surface area contributed by atoms with Gasteiger partial charge in [0, 0.05) is 31.3 Å². The summed E-state index contributed by atoms with van der Waals surface area (Å²) in [5, 5.41) is 12.5. The molecule has 3 heterocycles. The Bertz CT molecular complexity index is 685. The lowest BCUT2D eigenvalue weighted by Gasteiger charge is -2.18. The van der Waals surface area contributed by atoms with Crippen LogP contribution < -0.4 is 5.32 Å². The third-order valence-corrected chi connectivity index (χ3v) is 3.36. The Morgan fingerprint density at radius 2 is 2.25 bits per heavy atom. The molecule has 0 saturated heterocycles. The lowest BCUT2D eigenvalue weighted by Crippen LogP contribution is -2.28. The van der Waals surface area contributed by atoms with Gasteiger partial charge < -0.3 is 10.4 Å².